The quantitative estimate of drug-likeness (QED) is 0.823. The van der Waals surface area contributed by atoms with Crippen LogP contribution in [0.3, 0.4) is 0 Å². The van der Waals surface area contributed by atoms with Crippen LogP contribution in [0.2, 0.25) is 0 Å². The molecule has 0 aromatic heterocycles. The molecule has 0 atom stereocenters. The molecule has 0 unspecified atom stereocenters. The number of hydrogen-bond donors (Lipinski definition) is 1. The van der Waals surface area contributed by atoms with E-state index in [2.05, 4.69) is 5.32 Å². The molecule has 0 aliphatic carbocycles. The number of para-hydroxylation sites is 1. The van der Waals surface area contributed by atoms with Gasteiger partial charge in [-0.2, -0.15) is 13.2 Å². The monoisotopic (exact) mass is 336 g/mol. The lowest BCUT2D eigenvalue weighted by molar-refractivity contribution is -0.136. The minimum Gasteiger partial charge on any atom is -0.318 e. The molecule has 0 bridgehead atoms. The van der Waals surface area contributed by atoms with E-state index in [1.54, 1.807) is 0 Å². The second-order valence-corrected chi connectivity index (χ2v) is 5.68. The Morgan fingerprint density at radius 3 is 2.21 bits per heavy atom. The molecule has 0 spiro atoms. The van der Waals surface area contributed by atoms with Gasteiger partial charge in [-0.15, -0.1) is 0 Å². The largest absolute Gasteiger partial charge is 0.418 e. The molecule has 0 aliphatic rings. The average Bonchev–Trinajstić information content (AvgIpc) is 2.52. The zero-order valence-corrected chi connectivity index (χ0v) is 13.5. The van der Waals surface area contributed by atoms with E-state index in [4.69, 9.17) is 0 Å². The minimum atomic E-state index is -4.52. The summed E-state index contributed by atoms with van der Waals surface area (Å²) in [7, 11) is 0. The van der Waals surface area contributed by atoms with Gasteiger partial charge >= 0.3 is 12.2 Å². The molecule has 0 saturated heterocycles. The van der Waals surface area contributed by atoms with Crippen LogP contribution in [0.5, 0.6) is 0 Å². The first-order valence-electron chi connectivity index (χ1n) is 7.57. The molecular formula is C18H19F3N2O. The van der Waals surface area contributed by atoms with Crippen LogP contribution in [-0.2, 0) is 12.7 Å². The molecule has 6 heteroatoms. The molecule has 128 valence electrons. The summed E-state index contributed by atoms with van der Waals surface area (Å²) in [5, 5.41) is 2.39. The summed E-state index contributed by atoms with van der Waals surface area (Å²) < 4.78 is 39.1. The zero-order chi connectivity index (χ0) is 17.7. The number of anilines is 1. The number of carbonyl (C=O) groups excluding carboxylic acids is 1. The second-order valence-electron chi connectivity index (χ2n) is 5.68. The number of urea groups is 1. The molecular weight excluding hydrogens is 317 g/mol. The maximum absolute atomic E-state index is 13.0. The van der Waals surface area contributed by atoms with Crippen LogP contribution in [0.25, 0.3) is 0 Å². The number of hydrogen-bond acceptors (Lipinski definition) is 1. The summed E-state index contributed by atoms with van der Waals surface area (Å²) in [5.74, 6) is 0. The molecule has 2 aromatic carbocycles. The van der Waals surface area contributed by atoms with E-state index in [0.29, 0.717) is 6.54 Å². The number of halogens is 3. The fourth-order valence-electron chi connectivity index (χ4n) is 2.30. The lowest BCUT2D eigenvalue weighted by Gasteiger charge is -2.27. The summed E-state index contributed by atoms with van der Waals surface area (Å²) in [6.07, 6.45) is -4.52. The highest BCUT2D eigenvalue weighted by Crippen LogP contribution is 2.34. The van der Waals surface area contributed by atoms with Gasteiger partial charge in [0, 0.05) is 12.6 Å². The van der Waals surface area contributed by atoms with Crippen molar-refractivity contribution in [2.75, 3.05) is 5.32 Å². The van der Waals surface area contributed by atoms with E-state index >= 15 is 0 Å². The summed E-state index contributed by atoms with van der Waals surface area (Å²) >= 11 is 0. The summed E-state index contributed by atoms with van der Waals surface area (Å²) in [4.78, 5) is 14.0. The van der Waals surface area contributed by atoms with Crippen molar-refractivity contribution in [3.63, 3.8) is 0 Å². The van der Waals surface area contributed by atoms with E-state index in [9.17, 15) is 18.0 Å². The van der Waals surface area contributed by atoms with Crippen molar-refractivity contribution in [3.05, 3.63) is 65.7 Å². The predicted molar refractivity (Wildman–Crippen MR) is 87.6 cm³/mol. The van der Waals surface area contributed by atoms with Crippen LogP contribution in [0, 0.1) is 0 Å². The zero-order valence-electron chi connectivity index (χ0n) is 13.5. The molecule has 2 aromatic rings. The third-order valence-corrected chi connectivity index (χ3v) is 3.55. The van der Waals surface area contributed by atoms with Crippen molar-refractivity contribution in [1.82, 2.24) is 4.90 Å². The molecule has 2 rings (SSSR count). The maximum atomic E-state index is 13.0. The van der Waals surface area contributed by atoms with Crippen LogP contribution < -0.4 is 5.32 Å². The molecule has 0 saturated carbocycles. The SMILES string of the molecule is CC(C)N(Cc1ccccc1)C(=O)Nc1ccccc1C(F)(F)F. The fourth-order valence-corrected chi connectivity index (χ4v) is 2.30. The van der Waals surface area contributed by atoms with Gasteiger partial charge in [0.2, 0.25) is 0 Å². The predicted octanol–water partition coefficient (Wildman–Crippen LogP) is 5.15. The number of benzene rings is 2. The third kappa shape index (κ3) is 4.50. The number of nitrogens with zero attached hydrogens (tertiary/aromatic N) is 1. The van der Waals surface area contributed by atoms with E-state index < -0.39 is 17.8 Å². The van der Waals surface area contributed by atoms with E-state index in [1.165, 1.54) is 23.1 Å². The highest BCUT2D eigenvalue weighted by atomic mass is 19.4. The van der Waals surface area contributed by atoms with E-state index in [-0.39, 0.29) is 11.7 Å². The molecule has 0 radical (unpaired) electrons. The lowest BCUT2D eigenvalue weighted by Crippen LogP contribution is -2.39. The first-order chi connectivity index (χ1) is 11.3. The Bertz CT molecular complexity index is 684. The molecule has 0 fully saturated rings. The van der Waals surface area contributed by atoms with Gasteiger partial charge in [-0.3, -0.25) is 0 Å². The van der Waals surface area contributed by atoms with Gasteiger partial charge in [0.15, 0.2) is 0 Å². The van der Waals surface area contributed by atoms with Crippen molar-refractivity contribution in [3.8, 4) is 0 Å². The Labute approximate surface area is 139 Å². The number of carbonyl (C=O) groups is 1. The molecule has 0 heterocycles. The van der Waals surface area contributed by atoms with Crippen LogP contribution in [-0.4, -0.2) is 17.0 Å². The summed E-state index contributed by atoms with van der Waals surface area (Å²) in [6, 6.07) is 13.5. The van der Waals surface area contributed by atoms with Gasteiger partial charge in [0.05, 0.1) is 11.3 Å². The first kappa shape index (κ1) is 17.8. The van der Waals surface area contributed by atoms with Crippen molar-refractivity contribution < 1.29 is 18.0 Å². The molecule has 24 heavy (non-hydrogen) atoms. The fraction of sp³-hybridized carbons (Fsp3) is 0.278. The molecule has 0 aliphatic heterocycles. The Hall–Kier alpha value is -2.50. The number of amides is 2. The number of nitrogens with one attached hydrogen (secondary N) is 1. The van der Waals surface area contributed by atoms with Crippen molar-refractivity contribution in [1.29, 1.82) is 0 Å². The van der Waals surface area contributed by atoms with E-state index in [0.717, 1.165) is 11.6 Å². The van der Waals surface area contributed by atoms with Crippen LogP contribution in [0.4, 0.5) is 23.7 Å². The highest BCUT2D eigenvalue weighted by molar-refractivity contribution is 5.90. The summed E-state index contributed by atoms with van der Waals surface area (Å²) in [6.45, 7) is 3.95. The maximum Gasteiger partial charge on any atom is 0.418 e. The molecule has 1 N–H and O–H groups in total. The van der Waals surface area contributed by atoms with Gasteiger partial charge in [-0.25, -0.2) is 4.79 Å². The van der Waals surface area contributed by atoms with Crippen LogP contribution in [0.15, 0.2) is 54.6 Å². The molecule has 3 nitrogen and oxygen atoms in total. The number of rotatable bonds is 4. The number of alkyl halides is 3. The van der Waals surface area contributed by atoms with Gasteiger partial charge in [0.25, 0.3) is 0 Å². The average molecular weight is 336 g/mol. The van der Waals surface area contributed by atoms with Crippen molar-refractivity contribution in [2.24, 2.45) is 0 Å². The topological polar surface area (TPSA) is 32.3 Å². The Morgan fingerprint density at radius 2 is 1.62 bits per heavy atom. The standard InChI is InChI=1S/C18H19F3N2O/c1-13(2)23(12-14-8-4-3-5-9-14)17(24)22-16-11-7-6-10-15(16)18(19,20)21/h3-11,13H,12H2,1-2H3,(H,22,24). The Balaban J connectivity index is 2.20. The van der Waals surface area contributed by atoms with Crippen LogP contribution >= 0.6 is 0 Å². The normalized spacial score (nSPS) is 11.4. The van der Waals surface area contributed by atoms with Crippen molar-refractivity contribution >= 4 is 11.7 Å². The van der Waals surface area contributed by atoms with Gasteiger partial charge in [0.1, 0.15) is 0 Å². The lowest BCUT2D eigenvalue weighted by atomic mass is 10.1. The minimum absolute atomic E-state index is 0.164. The third-order valence-electron chi connectivity index (χ3n) is 3.55. The van der Waals surface area contributed by atoms with Crippen LogP contribution in [0.1, 0.15) is 25.0 Å². The van der Waals surface area contributed by atoms with Crippen molar-refractivity contribution in [2.45, 2.75) is 32.6 Å². The Kier molecular flexibility index (Phi) is 5.49. The smallest absolute Gasteiger partial charge is 0.318 e. The van der Waals surface area contributed by atoms with Gasteiger partial charge in [-0.1, -0.05) is 42.5 Å². The molecule has 2 amide bonds. The first-order valence-corrected chi connectivity index (χ1v) is 7.57. The second kappa shape index (κ2) is 7.38. The Morgan fingerprint density at radius 1 is 1.04 bits per heavy atom. The highest BCUT2D eigenvalue weighted by Gasteiger charge is 2.34. The van der Waals surface area contributed by atoms with Gasteiger partial charge < -0.3 is 10.2 Å². The van der Waals surface area contributed by atoms with E-state index in [1.807, 2.05) is 44.2 Å². The van der Waals surface area contributed by atoms with Gasteiger partial charge in [-0.05, 0) is 31.5 Å². The summed E-state index contributed by atoms with van der Waals surface area (Å²) in [5.41, 5.74) is -0.194.